The molecule has 2 N–H and O–H groups in total. The second-order valence-corrected chi connectivity index (χ2v) is 6.43. The van der Waals surface area contributed by atoms with Gasteiger partial charge in [0.2, 0.25) is 5.91 Å². The molecule has 154 valence electrons. The van der Waals surface area contributed by atoms with Crippen molar-refractivity contribution in [2.75, 3.05) is 11.9 Å². The van der Waals surface area contributed by atoms with E-state index in [1.54, 1.807) is 7.05 Å². The average Bonchev–Trinajstić information content (AvgIpc) is 3.11. The van der Waals surface area contributed by atoms with Gasteiger partial charge < -0.3 is 10.6 Å². The Morgan fingerprint density at radius 1 is 1.32 bits per heavy atom. The van der Waals surface area contributed by atoms with Gasteiger partial charge >= 0.3 is 6.18 Å². The first-order valence-electron chi connectivity index (χ1n) is 8.46. The van der Waals surface area contributed by atoms with E-state index >= 15 is 0 Å². The fraction of sp³-hybridized carbons (Fsp3) is 0.500. The standard InChI is InChI=1S/C16H20ClF3N6O2/c1-4-6-21-15(28)13-10(8-22-25(13)3)23-11(27)5-7-26-9(2)12(17)14(24-26)16(18,19)20/h8H,4-7H2,1-3H3,(H,21,28)(H,23,27). The molecule has 2 heterocycles. The van der Waals surface area contributed by atoms with Gasteiger partial charge in [0.15, 0.2) is 5.69 Å². The number of alkyl halides is 3. The zero-order valence-electron chi connectivity index (χ0n) is 15.5. The van der Waals surface area contributed by atoms with Crippen LogP contribution in [0.25, 0.3) is 0 Å². The maximum Gasteiger partial charge on any atom is 0.436 e. The first kappa shape index (κ1) is 21.7. The first-order valence-corrected chi connectivity index (χ1v) is 8.84. The van der Waals surface area contributed by atoms with Crippen LogP contribution in [0.4, 0.5) is 18.9 Å². The molecule has 0 bridgehead atoms. The quantitative estimate of drug-likeness (QED) is 0.720. The Hall–Kier alpha value is -2.56. The zero-order chi connectivity index (χ0) is 21.1. The van der Waals surface area contributed by atoms with E-state index in [9.17, 15) is 22.8 Å². The number of aromatic nitrogens is 4. The zero-order valence-corrected chi connectivity index (χ0v) is 16.3. The third-order valence-corrected chi connectivity index (χ3v) is 4.37. The summed E-state index contributed by atoms with van der Waals surface area (Å²) in [5, 5.41) is 12.1. The summed E-state index contributed by atoms with van der Waals surface area (Å²) in [6, 6.07) is 0. The third-order valence-electron chi connectivity index (χ3n) is 3.92. The Morgan fingerprint density at radius 3 is 2.57 bits per heavy atom. The minimum absolute atomic E-state index is 0.106. The Bertz CT molecular complexity index is 875. The first-order chi connectivity index (χ1) is 13.1. The van der Waals surface area contributed by atoms with E-state index in [-0.39, 0.29) is 35.9 Å². The summed E-state index contributed by atoms with van der Waals surface area (Å²) in [7, 11) is 1.56. The highest BCUT2D eigenvalue weighted by Crippen LogP contribution is 2.35. The molecular weight excluding hydrogens is 401 g/mol. The fourth-order valence-corrected chi connectivity index (χ4v) is 2.71. The highest BCUT2D eigenvalue weighted by molar-refractivity contribution is 6.31. The van der Waals surface area contributed by atoms with Gasteiger partial charge in [-0.2, -0.15) is 23.4 Å². The van der Waals surface area contributed by atoms with Gasteiger partial charge in [-0.25, -0.2) is 0 Å². The van der Waals surface area contributed by atoms with E-state index < -0.39 is 22.8 Å². The lowest BCUT2D eigenvalue weighted by atomic mass is 10.3. The van der Waals surface area contributed by atoms with Gasteiger partial charge in [0.25, 0.3) is 5.91 Å². The molecule has 0 spiro atoms. The van der Waals surface area contributed by atoms with Crippen LogP contribution in [-0.2, 0) is 24.6 Å². The van der Waals surface area contributed by atoms with Gasteiger partial charge in [-0.3, -0.25) is 19.0 Å². The number of carbonyl (C=O) groups is 2. The molecule has 8 nitrogen and oxygen atoms in total. The summed E-state index contributed by atoms with van der Waals surface area (Å²) in [5.74, 6) is -0.890. The summed E-state index contributed by atoms with van der Waals surface area (Å²) < 4.78 is 40.9. The van der Waals surface area contributed by atoms with E-state index in [2.05, 4.69) is 20.8 Å². The van der Waals surface area contributed by atoms with Crippen molar-refractivity contribution in [3.05, 3.63) is 28.3 Å². The monoisotopic (exact) mass is 420 g/mol. The predicted octanol–water partition coefficient (Wildman–Crippen LogP) is 2.77. The average molecular weight is 421 g/mol. The summed E-state index contributed by atoms with van der Waals surface area (Å²) in [4.78, 5) is 24.4. The van der Waals surface area contributed by atoms with Crippen LogP contribution in [0.2, 0.25) is 5.02 Å². The van der Waals surface area contributed by atoms with Gasteiger partial charge in [0.05, 0.1) is 29.1 Å². The number of anilines is 1. The number of nitrogens with one attached hydrogen (secondary N) is 2. The number of hydrogen-bond acceptors (Lipinski definition) is 4. The Kier molecular flexibility index (Phi) is 6.70. The normalized spacial score (nSPS) is 11.5. The number of amides is 2. The molecule has 2 aromatic heterocycles. The Morgan fingerprint density at radius 2 is 2.00 bits per heavy atom. The Labute approximate surface area is 164 Å². The molecule has 0 fully saturated rings. The van der Waals surface area contributed by atoms with Crippen molar-refractivity contribution in [3.63, 3.8) is 0 Å². The molecule has 12 heteroatoms. The van der Waals surface area contributed by atoms with Crippen LogP contribution >= 0.6 is 11.6 Å². The summed E-state index contributed by atoms with van der Waals surface area (Å²) in [5.41, 5.74) is -0.677. The second kappa shape index (κ2) is 8.63. The lowest BCUT2D eigenvalue weighted by Gasteiger charge is -2.09. The van der Waals surface area contributed by atoms with Crippen molar-refractivity contribution in [2.24, 2.45) is 7.05 Å². The van der Waals surface area contributed by atoms with E-state index in [0.717, 1.165) is 11.1 Å². The molecule has 0 aromatic carbocycles. The van der Waals surface area contributed by atoms with E-state index in [4.69, 9.17) is 11.6 Å². The Balaban J connectivity index is 2.06. The van der Waals surface area contributed by atoms with E-state index in [1.165, 1.54) is 17.8 Å². The maximum atomic E-state index is 12.9. The van der Waals surface area contributed by atoms with Crippen molar-refractivity contribution < 1.29 is 22.8 Å². The SMILES string of the molecule is CCCNC(=O)c1c(NC(=O)CCn2nc(C(F)(F)F)c(Cl)c2C)cnn1C. The summed E-state index contributed by atoms with van der Waals surface area (Å²) in [6.07, 6.45) is -2.76. The van der Waals surface area contributed by atoms with Gasteiger partial charge in [-0.05, 0) is 13.3 Å². The number of hydrogen-bond donors (Lipinski definition) is 2. The van der Waals surface area contributed by atoms with Crippen molar-refractivity contribution in [2.45, 2.75) is 39.4 Å². The molecule has 28 heavy (non-hydrogen) atoms. The minimum atomic E-state index is -4.67. The largest absolute Gasteiger partial charge is 0.436 e. The van der Waals surface area contributed by atoms with Gasteiger partial charge in [-0.1, -0.05) is 18.5 Å². The molecule has 0 unspecified atom stereocenters. The maximum absolute atomic E-state index is 12.9. The number of halogens is 4. The fourth-order valence-electron chi connectivity index (χ4n) is 2.46. The van der Waals surface area contributed by atoms with Crippen molar-refractivity contribution in [3.8, 4) is 0 Å². The lowest BCUT2D eigenvalue weighted by molar-refractivity contribution is -0.141. The van der Waals surface area contributed by atoms with Crippen LogP contribution < -0.4 is 10.6 Å². The number of aryl methyl sites for hydroxylation is 2. The molecule has 0 saturated carbocycles. The predicted molar refractivity (Wildman–Crippen MR) is 96.1 cm³/mol. The second-order valence-electron chi connectivity index (χ2n) is 6.05. The third kappa shape index (κ3) is 4.83. The lowest BCUT2D eigenvalue weighted by Crippen LogP contribution is -2.27. The molecule has 0 aliphatic carbocycles. The number of rotatable bonds is 7. The smallest absolute Gasteiger partial charge is 0.351 e. The van der Waals surface area contributed by atoms with Crippen molar-refractivity contribution in [1.82, 2.24) is 24.9 Å². The highest BCUT2D eigenvalue weighted by atomic mass is 35.5. The topological polar surface area (TPSA) is 93.8 Å². The molecule has 0 atom stereocenters. The van der Waals surface area contributed by atoms with Crippen LogP contribution in [0, 0.1) is 6.92 Å². The minimum Gasteiger partial charge on any atom is -0.351 e. The van der Waals surface area contributed by atoms with Gasteiger partial charge in [-0.15, -0.1) is 0 Å². The number of carbonyl (C=O) groups excluding carboxylic acids is 2. The van der Waals surface area contributed by atoms with Crippen molar-refractivity contribution >= 4 is 29.1 Å². The molecule has 2 rings (SSSR count). The molecule has 0 radical (unpaired) electrons. The van der Waals surface area contributed by atoms with Crippen LogP contribution in [0.15, 0.2) is 6.20 Å². The molecule has 0 aliphatic rings. The van der Waals surface area contributed by atoms with Crippen LogP contribution in [-0.4, -0.2) is 37.9 Å². The summed E-state index contributed by atoms with van der Waals surface area (Å²) in [6.45, 7) is 3.66. The molecule has 2 aromatic rings. The molecular formula is C16H20ClF3N6O2. The van der Waals surface area contributed by atoms with Gasteiger partial charge in [0, 0.05) is 20.0 Å². The van der Waals surface area contributed by atoms with Gasteiger partial charge in [0.1, 0.15) is 5.69 Å². The van der Waals surface area contributed by atoms with E-state index in [1.807, 2.05) is 6.92 Å². The van der Waals surface area contributed by atoms with Crippen LogP contribution in [0.3, 0.4) is 0 Å². The molecule has 2 amide bonds. The van der Waals surface area contributed by atoms with E-state index in [0.29, 0.717) is 6.54 Å². The molecule has 0 saturated heterocycles. The van der Waals surface area contributed by atoms with Crippen LogP contribution in [0.5, 0.6) is 0 Å². The molecule has 0 aliphatic heterocycles. The highest BCUT2D eigenvalue weighted by Gasteiger charge is 2.38. The summed E-state index contributed by atoms with van der Waals surface area (Å²) >= 11 is 5.68. The number of nitrogens with zero attached hydrogens (tertiary/aromatic N) is 4. The van der Waals surface area contributed by atoms with Crippen LogP contribution in [0.1, 0.15) is 41.6 Å². The van der Waals surface area contributed by atoms with Crippen molar-refractivity contribution in [1.29, 1.82) is 0 Å².